The van der Waals surface area contributed by atoms with Gasteiger partial charge in [0.1, 0.15) is 29.0 Å². The van der Waals surface area contributed by atoms with Gasteiger partial charge in [0.15, 0.2) is 0 Å². The van der Waals surface area contributed by atoms with E-state index in [1.165, 1.54) is 11.8 Å². The van der Waals surface area contributed by atoms with E-state index in [0.29, 0.717) is 34.7 Å². The van der Waals surface area contributed by atoms with E-state index in [1.807, 2.05) is 62.4 Å². The summed E-state index contributed by atoms with van der Waals surface area (Å²) in [5.41, 5.74) is 1.91. The summed E-state index contributed by atoms with van der Waals surface area (Å²) in [5, 5.41) is 0. The van der Waals surface area contributed by atoms with Crippen molar-refractivity contribution in [1.29, 1.82) is 0 Å². The number of thioether (sulfide) groups is 1. The number of thiocarbonyl (C=S) groups is 1. The highest BCUT2D eigenvalue weighted by atomic mass is 79.9. The van der Waals surface area contributed by atoms with E-state index in [2.05, 4.69) is 15.9 Å². The van der Waals surface area contributed by atoms with Crippen molar-refractivity contribution in [2.45, 2.75) is 13.8 Å². The molecule has 0 saturated carbocycles. The Bertz CT molecular complexity index is 930. The van der Waals surface area contributed by atoms with Crippen LogP contribution in [-0.4, -0.2) is 34.9 Å². The molecular formula is C21H20BrNO3S2. The number of amides is 1. The van der Waals surface area contributed by atoms with Gasteiger partial charge in [-0.1, -0.05) is 58.1 Å². The largest absolute Gasteiger partial charge is 0.490 e. The first-order chi connectivity index (χ1) is 13.5. The summed E-state index contributed by atoms with van der Waals surface area (Å²) in [6, 6.07) is 13.6. The summed E-state index contributed by atoms with van der Waals surface area (Å²) in [4.78, 5) is 14.7. The SMILES string of the molecule is CCN1C(=O)C(=Cc2cc(Br)ccc2OCCOc2ccccc2C)SC1=S. The van der Waals surface area contributed by atoms with Crippen molar-refractivity contribution in [2.75, 3.05) is 19.8 Å². The number of hydrogen-bond acceptors (Lipinski definition) is 5. The number of likely N-dealkylation sites (N-methyl/N-ethyl adjacent to an activating group) is 1. The van der Waals surface area contributed by atoms with Crippen LogP contribution in [-0.2, 0) is 4.79 Å². The summed E-state index contributed by atoms with van der Waals surface area (Å²) in [7, 11) is 0. The lowest BCUT2D eigenvalue weighted by atomic mass is 10.2. The summed E-state index contributed by atoms with van der Waals surface area (Å²) < 4.78 is 13.2. The van der Waals surface area contributed by atoms with Gasteiger partial charge in [-0.15, -0.1) is 0 Å². The van der Waals surface area contributed by atoms with Crippen LogP contribution in [0, 0.1) is 6.92 Å². The van der Waals surface area contributed by atoms with Gasteiger partial charge in [0.25, 0.3) is 5.91 Å². The van der Waals surface area contributed by atoms with E-state index in [4.69, 9.17) is 21.7 Å². The lowest BCUT2D eigenvalue weighted by Crippen LogP contribution is -2.27. The van der Waals surface area contributed by atoms with Gasteiger partial charge in [-0.05, 0) is 49.8 Å². The van der Waals surface area contributed by atoms with Gasteiger partial charge in [0, 0.05) is 16.6 Å². The molecular weight excluding hydrogens is 458 g/mol. The lowest BCUT2D eigenvalue weighted by Gasteiger charge is -2.12. The highest BCUT2D eigenvalue weighted by Crippen LogP contribution is 2.35. The molecule has 1 saturated heterocycles. The molecule has 1 aliphatic rings. The number of carbonyl (C=O) groups excluding carboxylic acids is 1. The molecule has 0 spiro atoms. The predicted molar refractivity (Wildman–Crippen MR) is 122 cm³/mol. The van der Waals surface area contributed by atoms with Crippen LogP contribution in [0.1, 0.15) is 18.1 Å². The summed E-state index contributed by atoms with van der Waals surface area (Å²) in [6.07, 6.45) is 1.83. The first-order valence-electron chi connectivity index (χ1n) is 8.85. The molecule has 28 heavy (non-hydrogen) atoms. The van der Waals surface area contributed by atoms with Gasteiger partial charge in [0.05, 0.1) is 4.91 Å². The van der Waals surface area contributed by atoms with E-state index in [0.717, 1.165) is 21.3 Å². The molecule has 2 aromatic rings. The van der Waals surface area contributed by atoms with Crippen molar-refractivity contribution in [1.82, 2.24) is 4.90 Å². The summed E-state index contributed by atoms with van der Waals surface area (Å²) >= 11 is 10.1. The molecule has 1 heterocycles. The number of carbonyl (C=O) groups is 1. The van der Waals surface area contributed by atoms with Crippen LogP contribution in [0.5, 0.6) is 11.5 Å². The zero-order valence-corrected chi connectivity index (χ0v) is 18.8. The zero-order valence-electron chi connectivity index (χ0n) is 15.6. The molecule has 0 aromatic heterocycles. The zero-order chi connectivity index (χ0) is 20.1. The first kappa shape index (κ1) is 20.9. The number of nitrogens with zero attached hydrogens (tertiary/aromatic N) is 1. The van der Waals surface area contributed by atoms with Crippen molar-refractivity contribution in [3.8, 4) is 11.5 Å². The van der Waals surface area contributed by atoms with Crippen LogP contribution in [0.25, 0.3) is 6.08 Å². The second-order valence-electron chi connectivity index (χ2n) is 6.07. The van der Waals surface area contributed by atoms with Crippen molar-refractivity contribution < 1.29 is 14.3 Å². The molecule has 146 valence electrons. The first-order valence-corrected chi connectivity index (χ1v) is 10.9. The van der Waals surface area contributed by atoms with Crippen molar-refractivity contribution in [2.24, 2.45) is 0 Å². The smallest absolute Gasteiger partial charge is 0.266 e. The molecule has 0 N–H and O–H groups in total. The Morgan fingerprint density at radius 1 is 1.14 bits per heavy atom. The minimum absolute atomic E-state index is 0.0636. The van der Waals surface area contributed by atoms with E-state index in [1.54, 1.807) is 4.90 Å². The number of hydrogen-bond donors (Lipinski definition) is 0. The standard InChI is InChI=1S/C21H20BrNO3S2/c1-3-23-20(24)19(28-21(23)27)13-15-12-16(22)8-9-18(15)26-11-10-25-17-7-5-4-6-14(17)2/h4-9,12-13H,3,10-11H2,1-2H3. The molecule has 1 fully saturated rings. The Morgan fingerprint density at radius 2 is 1.86 bits per heavy atom. The van der Waals surface area contributed by atoms with Crippen molar-refractivity contribution >= 4 is 56.2 Å². The van der Waals surface area contributed by atoms with Crippen molar-refractivity contribution in [3.05, 3.63) is 63.0 Å². The van der Waals surface area contributed by atoms with Crippen LogP contribution in [0.3, 0.4) is 0 Å². The molecule has 0 aliphatic carbocycles. The predicted octanol–water partition coefficient (Wildman–Crippen LogP) is 5.44. The van der Waals surface area contributed by atoms with Crippen LogP contribution >= 0.6 is 39.9 Å². The van der Waals surface area contributed by atoms with E-state index >= 15 is 0 Å². The van der Waals surface area contributed by atoms with Gasteiger partial charge < -0.3 is 9.47 Å². The highest BCUT2D eigenvalue weighted by molar-refractivity contribution is 9.10. The molecule has 1 aliphatic heterocycles. The number of benzene rings is 2. The maximum absolute atomic E-state index is 12.5. The van der Waals surface area contributed by atoms with E-state index < -0.39 is 0 Å². The fourth-order valence-corrected chi connectivity index (χ4v) is 4.45. The molecule has 0 unspecified atom stereocenters. The van der Waals surface area contributed by atoms with Crippen LogP contribution < -0.4 is 9.47 Å². The molecule has 3 rings (SSSR count). The third-order valence-corrected chi connectivity index (χ3v) is 6.01. The highest BCUT2D eigenvalue weighted by Gasteiger charge is 2.30. The molecule has 1 amide bonds. The minimum Gasteiger partial charge on any atom is -0.490 e. The molecule has 4 nitrogen and oxygen atoms in total. The second-order valence-corrected chi connectivity index (χ2v) is 8.66. The van der Waals surface area contributed by atoms with Crippen LogP contribution in [0.4, 0.5) is 0 Å². The number of halogens is 1. The molecule has 7 heteroatoms. The Morgan fingerprint density at radius 3 is 2.54 bits per heavy atom. The lowest BCUT2D eigenvalue weighted by molar-refractivity contribution is -0.121. The minimum atomic E-state index is -0.0636. The summed E-state index contributed by atoms with van der Waals surface area (Å²) in [5.74, 6) is 1.48. The average Bonchev–Trinajstić information content (AvgIpc) is 2.94. The van der Waals surface area contributed by atoms with E-state index in [-0.39, 0.29) is 5.91 Å². The molecule has 0 atom stereocenters. The van der Waals surface area contributed by atoms with Crippen molar-refractivity contribution in [3.63, 3.8) is 0 Å². The Kier molecular flexibility index (Phi) is 7.15. The molecule has 2 aromatic carbocycles. The van der Waals surface area contributed by atoms with Crippen LogP contribution in [0.15, 0.2) is 51.8 Å². The Balaban J connectivity index is 1.69. The van der Waals surface area contributed by atoms with Gasteiger partial charge in [-0.25, -0.2) is 0 Å². The third-order valence-electron chi connectivity index (χ3n) is 4.14. The molecule has 0 bridgehead atoms. The topological polar surface area (TPSA) is 38.8 Å². The number of para-hydroxylation sites is 1. The maximum atomic E-state index is 12.5. The third kappa shape index (κ3) is 4.96. The summed E-state index contributed by atoms with van der Waals surface area (Å²) in [6.45, 7) is 5.32. The number of ether oxygens (including phenoxy) is 2. The second kappa shape index (κ2) is 9.58. The van der Waals surface area contributed by atoms with Gasteiger partial charge >= 0.3 is 0 Å². The Hall–Kier alpha value is -1.83. The average molecular weight is 478 g/mol. The fourth-order valence-electron chi connectivity index (χ4n) is 2.70. The van der Waals surface area contributed by atoms with E-state index in [9.17, 15) is 4.79 Å². The van der Waals surface area contributed by atoms with Gasteiger partial charge in [-0.3, -0.25) is 9.69 Å². The number of rotatable bonds is 7. The van der Waals surface area contributed by atoms with Crippen LogP contribution in [0.2, 0.25) is 0 Å². The van der Waals surface area contributed by atoms with Gasteiger partial charge in [-0.2, -0.15) is 0 Å². The monoisotopic (exact) mass is 477 g/mol. The molecule has 0 radical (unpaired) electrons. The normalized spacial score (nSPS) is 15.4. The fraction of sp³-hybridized carbons (Fsp3) is 0.238. The Labute approximate surface area is 183 Å². The van der Waals surface area contributed by atoms with Gasteiger partial charge in [0.2, 0.25) is 0 Å². The quantitative estimate of drug-likeness (QED) is 0.301. The maximum Gasteiger partial charge on any atom is 0.266 e. The number of aryl methyl sites for hydroxylation is 1.